The molecule has 2 aromatic rings. The van der Waals surface area contributed by atoms with Crippen LogP contribution in [-0.4, -0.2) is 51.2 Å². The van der Waals surface area contributed by atoms with Crippen molar-refractivity contribution in [1.82, 2.24) is 9.38 Å². The first-order valence-electron chi connectivity index (χ1n) is 13.8. The predicted molar refractivity (Wildman–Crippen MR) is 139 cm³/mol. The number of nitrogens with zero attached hydrogens (tertiary/aromatic N) is 2. The summed E-state index contributed by atoms with van der Waals surface area (Å²) in [5.74, 6) is -1.84. The van der Waals surface area contributed by atoms with Crippen LogP contribution < -0.4 is 4.48 Å². The molecule has 2 saturated carbocycles. The summed E-state index contributed by atoms with van der Waals surface area (Å²) in [6.07, 6.45) is 4.88. The molecule has 0 bridgehead atoms. The maximum absolute atomic E-state index is 14.9. The summed E-state index contributed by atoms with van der Waals surface area (Å²) in [7, 11) is 0. The average Bonchev–Trinajstić information content (AvgIpc) is 3.62. The lowest BCUT2D eigenvalue weighted by molar-refractivity contribution is -0.143. The van der Waals surface area contributed by atoms with E-state index < -0.39 is 23.9 Å². The van der Waals surface area contributed by atoms with Crippen molar-refractivity contribution in [3.8, 4) is 0 Å². The minimum absolute atomic E-state index is 0.00921. The van der Waals surface area contributed by atoms with Gasteiger partial charge in [-0.2, -0.15) is 9.28 Å². The van der Waals surface area contributed by atoms with Crippen LogP contribution in [0, 0.1) is 11.7 Å². The first kappa shape index (κ1) is 25.0. The zero-order valence-corrected chi connectivity index (χ0v) is 21.4. The highest BCUT2D eigenvalue weighted by atomic mass is 19.1. The van der Waals surface area contributed by atoms with E-state index in [0.717, 1.165) is 44.9 Å². The third-order valence-corrected chi connectivity index (χ3v) is 9.46. The van der Waals surface area contributed by atoms with E-state index in [9.17, 15) is 29.0 Å². The summed E-state index contributed by atoms with van der Waals surface area (Å²) >= 11 is 0. The van der Waals surface area contributed by atoms with Crippen LogP contribution in [0.15, 0.2) is 42.5 Å². The van der Waals surface area contributed by atoms with E-state index in [1.807, 2.05) is 17.0 Å². The van der Waals surface area contributed by atoms with E-state index in [0.29, 0.717) is 17.7 Å². The van der Waals surface area contributed by atoms with Gasteiger partial charge in [-0.05, 0) is 55.4 Å². The van der Waals surface area contributed by atoms with E-state index in [1.165, 1.54) is 23.3 Å². The van der Waals surface area contributed by atoms with Gasteiger partial charge in [0, 0.05) is 49.3 Å². The van der Waals surface area contributed by atoms with Crippen molar-refractivity contribution in [3.05, 3.63) is 65.0 Å². The molecule has 4 aliphatic rings. The Morgan fingerprint density at radius 2 is 1.71 bits per heavy atom. The van der Waals surface area contributed by atoms with Crippen molar-refractivity contribution in [3.63, 3.8) is 0 Å². The molecule has 1 heterocycles. The third-order valence-electron chi connectivity index (χ3n) is 9.46. The molecular weight excluding hydrogens is 487 g/mol. The monoisotopic (exact) mass is 521 g/mol. The van der Waals surface area contributed by atoms with E-state index in [1.54, 1.807) is 6.07 Å². The molecule has 0 spiro atoms. The van der Waals surface area contributed by atoms with Gasteiger partial charge in [0.05, 0.1) is 12.5 Å². The number of aliphatic carboxylic acids is 1. The van der Waals surface area contributed by atoms with Crippen LogP contribution in [0.25, 0.3) is 0 Å². The molecule has 2 aromatic carbocycles. The van der Waals surface area contributed by atoms with Gasteiger partial charge in [0.15, 0.2) is 0 Å². The summed E-state index contributed by atoms with van der Waals surface area (Å²) in [6.45, 7) is 0. The summed E-state index contributed by atoms with van der Waals surface area (Å²) < 4.78 is 14.7. The highest BCUT2D eigenvalue weighted by molar-refractivity contribution is 5.86. The van der Waals surface area contributed by atoms with Crippen LogP contribution in [0.2, 0.25) is 0 Å². The first-order chi connectivity index (χ1) is 18.3. The van der Waals surface area contributed by atoms with Crippen molar-refractivity contribution >= 4 is 23.7 Å². The number of carbonyl (C=O) groups is 3. The fourth-order valence-electron chi connectivity index (χ4n) is 7.88. The Labute approximate surface area is 221 Å². The Kier molecular flexibility index (Phi) is 6.25. The lowest BCUT2D eigenvalue weighted by atomic mass is 9.76. The first-order valence-corrected chi connectivity index (χ1v) is 13.8. The number of halogens is 1. The Bertz CT molecular complexity index is 1290. The molecule has 2 amide bonds. The van der Waals surface area contributed by atoms with E-state index in [-0.39, 0.29) is 47.3 Å². The van der Waals surface area contributed by atoms with Crippen molar-refractivity contribution in [2.45, 2.75) is 88.4 Å². The zero-order chi connectivity index (χ0) is 26.6. The lowest BCUT2D eigenvalue weighted by Crippen LogP contribution is -2.71. The second kappa shape index (κ2) is 9.49. The lowest BCUT2D eigenvalue weighted by Gasteiger charge is -2.53. The number of hydrogen-bond acceptors (Lipinski definition) is 3. The minimum Gasteiger partial charge on any atom is -0.481 e. The van der Waals surface area contributed by atoms with Crippen LogP contribution in [0.3, 0.4) is 0 Å². The molecule has 5 atom stereocenters. The fourth-order valence-corrected chi connectivity index (χ4v) is 7.88. The quantitative estimate of drug-likeness (QED) is 0.493. The highest BCUT2D eigenvalue weighted by Crippen LogP contribution is 2.57. The number of benzene rings is 2. The summed E-state index contributed by atoms with van der Waals surface area (Å²) in [6, 6.07) is 11.8. The normalized spacial score (nSPS) is 29.6. The smallest absolute Gasteiger partial charge is 0.481 e. The second-order valence-electron chi connectivity index (χ2n) is 11.5. The molecule has 0 saturated heterocycles. The van der Waals surface area contributed by atoms with Crippen LogP contribution in [-0.2, 0) is 22.4 Å². The average molecular weight is 522 g/mol. The third kappa shape index (κ3) is 3.92. The summed E-state index contributed by atoms with van der Waals surface area (Å²) in [5.41, 5.74) is 3.61. The van der Waals surface area contributed by atoms with Gasteiger partial charge in [-0.15, -0.1) is 0 Å². The molecule has 3 aliphatic carbocycles. The van der Waals surface area contributed by atoms with Crippen molar-refractivity contribution in [2.24, 2.45) is 5.92 Å². The molecule has 2 fully saturated rings. The summed E-state index contributed by atoms with van der Waals surface area (Å²) in [4.78, 5) is 40.1. The molecule has 8 heteroatoms. The van der Waals surface area contributed by atoms with Gasteiger partial charge in [-0.25, -0.2) is 4.39 Å². The maximum atomic E-state index is 14.9. The van der Waals surface area contributed by atoms with Crippen LogP contribution in [0.1, 0.15) is 74.1 Å². The zero-order valence-electron chi connectivity index (χ0n) is 21.4. The number of hydrogen-bond donors (Lipinski definition) is 2. The number of amides is 2. The van der Waals surface area contributed by atoms with Gasteiger partial charge in [0.2, 0.25) is 5.91 Å². The number of carboxylic acid groups (broad SMARTS) is 2. The Balaban J connectivity index is 1.50. The second-order valence-corrected chi connectivity index (χ2v) is 11.5. The van der Waals surface area contributed by atoms with Crippen LogP contribution in [0.5, 0.6) is 0 Å². The summed E-state index contributed by atoms with van der Waals surface area (Å²) in [5, 5.41) is 20.3. The standard InChI is InChI=1S/C30H33FN2O5/c31-20-9-13-26-24(17-20)29(32(21-10-11-21)27(34)14-15-28(35)36)23-6-3-7-25(23)33(26,30(37)38)22-12-8-18-4-1-2-5-19(18)16-22/h1-2,4-5,9,13,17,21-23,25,29H,3,6-8,10-12,14-16H2,(H-,35,36,37,38)/p+1/t22-,23-,25+,29+,33-/m0/s1. The number of aryl methyl sites for hydroxylation is 1. The van der Waals surface area contributed by atoms with Gasteiger partial charge in [0.25, 0.3) is 0 Å². The van der Waals surface area contributed by atoms with Crippen molar-refractivity contribution in [1.29, 1.82) is 0 Å². The highest BCUT2D eigenvalue weighted by Gasteiger charge is 2.64. The largest absolute Gasteiger partial charge is 0.519 e. The molecule has 0 unspecified atom stereocenters. The molecule has 6 rings (SSSR count). The maximum Gasteiger partial charge on any atom is 0.519 e. The van der Waals surface area contributed by atoms with Gasteiger partial charge in [0.1, 0.15) is 23.6 Å². The molecular formula is C30H34FN2O5+. The topological polar surface area (TPSA) is 94.9 Å². The van der Waals surface area contributed by atoms with E-state index >= 15 is 0 Å². The van der Waals surface area contributed by atoms with Crippen molar-refractivity contribution < 1.29 is 29.0 Å². The Hall–Kier alpha value is -3.26. The van der Waals surface area contributed by atoms with Gasteiger partial charge >= 0.3 is 12.1 Å². The number of carbonyl (C=O) groups excluding carboxylic acids is 1. The number of carboxylic acids is 1. The molecule has 7 nitrogen and oxygen atoms in total. The molecule has 0 aromatic heterocycles. The molecule has 2 N–H and O–H groups in total. The Morgan fingerprint density at radius 3 is 2.42 bits per heavy atom. The van der Waals surface area contributed by atoms with Crippen LogP contribution >= 0.6 is 0 Å². The Morgan fingerprint density at radius 1 is 0.947 bits per heavy atom. The number of quaternary nitrogens is 1. The molecule has 1 aliphatic heterocycles. The molecule has 0 radical (unpaired) electrons. The predicted octanol–water partition coefficient (Wildman–Crippen LogP) is 5.45. The van der Waals surface area contributed by atoms with Gasteiger partial charge in [-0.3, -0.25) is 9.59 Å². The molecule has 200 valence electrons. The van der Waals surface area contributed by atoms with E-state index in [2.05, 4.69) is 12.1 Å². The van der Waals surface area contributed by atoms with Crippen LogP contribution in [0.4, 0.5) is 14.9 Å². The van der Waals surface area contributed by atoms with Gasteiger partial charge in [-0.1, -0.05) is 24.3 Å². The minimum atomic E-state index is -1.03. The molecule has 38 heavy (non-hydrogen) atoms. The SMILES string of the molecule is O=C(O)CCC(=O)N(C1CC1)[C@H]1c2cc(F)ccc2[N@+](C(=O)O)([C@H]2CCc3ccccc3C2)[C@@H]2CCC[C@@H]21. The van der Waals surface area contributed by atoms with E-state index in [4.69, 9.17) is 0 Å². The number of fused-ring (bicyclic) bond motifs is 3. The fraction of sp³-hybridized carbons (Fsp3) is 0.500. The number of rotatable bonds is 6. The van der Waals surface area contributed by atoms with Gasteiger partial charge < -0.3 is 15.1 Å². The van der Waals surface area contributed by atoms with Crippen molar-refractivity contribution in [2.75, 3.05) is 0 Å².